The first-order valence-corrected chi connectivity index (χ1v) is 9.27. The number of amides is 2. The Balaban J connectivity index is 1.80. The average molecular weight is 404 g/mol. The molecule has 0 unspecified atom stereocenters. The number of likely N-dealkylation sites (N-methyl/N-ethyl adjacent to an activating group) is 1. The Kier molecular flexibility index (Phi) is 5.82. The first-order chi connectivity index (χ1) is 12.8. The fourth-order valence-corrected chi connectivity index (χ4v) is 3.34. The largest absolute Gasteiger partial charge is 0.314 e. The summed E-state index contributed by atoms with van der Waals surface area (Å²) in [6.45, 7) is 1.82. The van der Waals surface area contributed by atoms with Crippen molar-refractivity contribution in [3.63, 3.8) is 0 Å². The van der Waals surface area contributed by atoms with E-state index in [4.69, 9.17) is 23.2 Å². The minimum Gasteiger partial charge on any atom is -0.314 e. The lowest BCUT2D eigenvalue weighted by Crippen LogP contribution is -2.41. The van der Waals surface area contributed by atoms with Crippen LogP contribution < -0.4 is 4.90 Å². The van der Waals surface area contributed by atoms with Gasteiger partial charge in [-0.3, -0.25) is 9.59 Å². The summed E-state index contributed by atoms with van der Waals surface area (Å²) in [7, 11) is 1.65. The van der Waals surface area contributed by atoms with E-state index in [9.17, 15) is 9.59 Å². The smallest absolute Gasteiger partial charge is 0.248 e. The first-order valence-electron chi connectivity index (χ1n) is 8.51. The fourth-order valence-electron chi connectivity index (χ4n) is 2.93. The zero-order chi connectivity index (χ0) is 19.6. The Morgan fingerprint density at radius 3 is 2.59 bits per heavy atom. The zero-order valence-electron chi connectivity index (χ0n) is 15.1. The molecule has 3 rings (SSSR count). The van der Waals surface area contributed by atoms with Crippen LogP contribution in [0.4, 0.5) is 5.69 Å². The Hall–Kier alpha value is -2.37. The van der Waals surface area contributed by atoms with Crippen LogP contribution in [0.5, 0.6) is 0 Å². The van der Waals surface area contributed by atoms with Gasteiger partial charge >= 0.3 is 0 Å². The molecule has 0 bridgehead atoms. The molecule has 140 valence electrons. The van der Waals surface area contributed by atoms with Crippen molar-refractivity contribution in [3.8, 4) is 0 Å². The van der Waals surface area contributed by atoms with Gasteiger partial charge in [-0.1, -0.05) is 35.3 Å². The van der Waals surface area contributed by atoms with Gasteiger partial charge in [0.15, 0.2) is 0 Å². The number of nitrogens with zero attached hydrogens (tertiary/aromatic N) is 3. The lowest BCUT2D eigenvalue weighted by atomic mass is 9.99. The molecule has 1 aliphatic heterocycles. The van der Waals surface area contributed by atoms with Crippen LogP contribution in [0.15, 0.2) is 47.6 Å². The van der Waals surface area contributed by atoms with Crippen molar-refractivity contribution in [3.05, 3.63) is 63.6 Å². The van der Waals surface area contributed by atoms with Gasteiger partial charge in [-0.25, -0.2) is 5.01 Å². The molecule has 0 aromatic heterocycles. The summed E-state index contributed by atoms with van der Waals surface area (Å²) in [6.07, 6.45) is 0.852. The molecule has 7 heteroatoms. The van der Waals surface area contributed by atoms with Crippen molar-refractivity contribution in [2.45, 2.75) is 19.8 Å². The number of aryl methyl sites for hydroxylation is 1. The first kappa shape index (κ1) is 19.4. The summed E-state index contributed by atoms with van der Waals surface area (Å²) in [6, 6.07) is 12.5. The number of hydrogen-bond donors (Lipinski definition) is 0. The van der Waals surface area contributed by atoms with E-state index in [0.717, 1.165) is 16.8 Å². The summed E-state index contributed by atoms with van der Waals surface area (Å²) in [4.78, 5) is 26.4. The monoisotopic (exact) mass is 403 g/mol. The number of carbonyl (C=O) groups excluding carboxylic acids is 2. The molecule has 2 amide bonds. The highest BCUT2D eigenvalue weighted by molar-refractivity contribution is 6.31. The molecule has 27 heavy (non-hydrogen) atoms. The van der Waals surface area contributed by atoms with Gasteiger partial charge in [0, 0.05) is 41.2 Å². The van der Waals surface area contributed by atoms with Gasteiger partial charge in [0.05, 0.1) is 5.71 Å². The van der Waals surface area contributed by atoms with E-state index in [0.29, 0.717) is 28.6 Å². The number of hydrogen-bond acceptors (Lipinski definition) is 3. The molecule has 5 nitrogen and oxygen atoms in total. The normalized spacial score (nSPS) is 14.1. The van der Waals surface area contributed by atoms with Crippen molar-refractivity contribution in [1.29, 1.82) is 0 Å². The Labute approximate surface area is 168 Å². The van der Waals surface area contributed by atoms with Gasteiger partial charge in [0.2, 0.25) is 11.8 Å². The molecule has 0 radical (unpaired) electrons. The highest BCUT2D eigenvalue weighted by atomic mass is 35.5. The lowest BCUT2D eigenvalue weighted by Gasteiger charge is -2.26. The number of benzene rings is 2. The average Bonchev–Trinajstić information content (AvgIpc) is 2.63. The molecule has 0 atom stereocenters. The van der Waals surface area contributed by atoms with E-state index >= 15 is 0 Å². The molecular weight excluding hydrogens is 385 g/mol. The third-order valence-corrected chi connectivity index (χ3v) is 4.93. The molecule has 0 spiro atoms. The van der Waals surface area contributed by atoms with Crippen LogP contribution >= 0.6 is 23.2 Å². The van der Waals surface area contributed by atoms with E-state index in [1.807, 2.05) is 19.1 Å². The maximum atomic E-state index is 12.6. The summed E-state index contributed by atoms with van der Waals surface area (Å²) >= 11 is 12.0. The standard InChI is InChI=1S/C20H19Cl2N3O2/c1-13-10-15(22)6-7-17(13)18-8-9-19(26)25(23-18)12-20(27)24(2)16-5-3-4-14(21)11-16/h3-7,10-11H,8-9,12H2,1-2H3. The second-order valence-electron chi connectivity index (χ2n) is 6.39. The summed E-state index contributed by atoms with van der Waals surface area (Å²) in [5, 5.41) is 6.88. The molecule has 0 fully saturated rings. The minimum atomic E-state index is -0.247. The topological polar surface area (TPSA) is 53.0 Å². The van der Waals surface area contributed by atoms with Crippen LogP contribution in [0.3, 0.4) is 0 Å². The quantitative estimate of drug-likeness (QED) is 0.764. The van der Waals surface area contributed by atoms with Gasteiger partial charge < -0.3 is 4.90 Å². The molecule has 0 saturated carbocycles. The molecule has 1 aliphatic rings. The van der Waals surface area contributed by atoms with Crippen LogP contribution in [0.2, 0.25) is 10.0 Å². The minimum absolute atomic E-state index is 0.127. The Morgan fingerprint density at radius 2 is 1.89 bits per heavy atom. The molecular formula is C20H19Cl2N3O2. The molecule has 2 aromatic rings. The summed E-state index contributed by atoms with van der Waals surface area (Å²) < 4.78 is 0. The Bertz CT molecular complexity index is 927. The molecule has 2 aromatic carbocycles. The third kappa shape index (κ3) is 4.49. The van der Waals surface area contributed by atoms with Gasteiger partial charge in [0.25, 0.3) is 0 Å². The summed E-state index contributed by atoms with van der Waals surface area (Å²) in [5.74, 6) is -0.415. The number of halogens is 2. The molecule has 0 saturated heterocycles. The predicted molar refractivity (Wildman–Crippen MR) is 109 cm³/mol. The van der Waals surface area contributed by atoms with Crippen molar-refractivity contribution < 1.29 is 9.59 Å². The van der Waals surface area contributed by atoms with Crippen LogP contribution in [0.1, 0.15) is 24.0 Å². The second kappa shape index (κ2) is 8.11. The van der Waals surface area contributed by atoms with E-state index in [1.165, 1.54) is 9.91 Å². The van der Waals surface area contributed by atoms with Gasteiger partial charge in [-0.2, -0.15) is 5.10 Å². The SMILES string of the molecule is Cc1cc(Cl)ccc1C1=NN(CC(=O)N(C)c2cccc(Cl)c2)C(=O)CC1. The van der Waals surface area contributed by atoms with E-state index < -0.39 is 0 Å². The maximum Gasteiger partial charge on any atom is 0.248 e. The van der Waals surface area contributed by atoms with Gasteiger partial charge in [-0.05, 0) is 42.8 Å². The van der Waals surface area contributed by atoms with Crippen LogP contribution in [-0.4, -0.2) is 36.1 Å². The molecule has 0 aliphatic carbocycles. The van der Waals surface area contributed by atoms with E-state index in [2.05, 4.69) is 5.10 Å². The van der Waals surface area contributed by atoms with Crippen LogP contribution in [-0.2, 0) is 9.59 Å². The summed E-state index contributed by atoms with van der Waals surface area (Å²) in [5.41, 5.74) is 3.36. The fraction of sp³-hybridized carbons (Fsp3) is 0.250. The van der Waals surface area contributed by atoms with Crippen molar-refractivity contribution in [2.24, 2.45) is 5.10 Å². The lowest BCUT2D eigenvalue weighted by molar-refractivity contribution is -0.135. The second-order valence-corrected chi connectivity index (χ2v) is 7.26. The highest BCUT2D eigenvalue weighted by Crippen LogP contribution is 2.22. The zero-order valence-corrected chi connectivity index (χ0v) is 16.6. The van der Waals surface area contributed by atoms with Crippen molar-refractivity contribution >= 4 is 46.4 Å². The number of carbonyl (C=O) groups is 2. The predicted octanol–water partition coefficient (Wildman–Crippen LogP) is 4.29. The van der Waals surface area contributed by atoms with Crippen molar-refractivity contribution in [1.82, 2.24) is 5.01 Å². The third-order valence-electron chi connectivity index (χ3n) is 4.46. The molecule has 1 heterocycles. The maximum absolute atomic E-state index is 12.6. The van der Waals surface area contributed by atoms with Crippen LogP contribution in [0, 0.1) is 6.92 Å². The van der Waals surface area contributed by atoms with Gasteiger partial charge in [-0.15, -0.1) is 0 Å². The molecule has 0 N–H and O–H groups in total. The number of rotatable bonds is 4. The number of hydrazone groups is 1. The van der Waals surface area contributed by atoms with Crippen molar-refractivity contribution in [2.75, 3.05) is 18.5 Å². The van der Waals surface area contributed by atoms with E-state index in [-0.39, 0.29) is 18.4 Å². The highest BCUT2D eigenvalue weighted by Gasteiger charge is 2.25. The van der Waals surface area contributed by atoms with Crippen LogP contribution in [0.25, 0.3) is 0 Å². The number of anilines is 1. The van der Waals surface area contributed by atoms with E-state index in [1.54, 1.807) is 37.4 Å². The van der Waals surface area contributed by atoms with Gasteiger partial charge in [0.1, 0.15) is 6.54 Å². The Morgan fingerprint density at radius 1 is 1.15 bits per heavy atom.